The van der Waals surface area contributed by atoms with Crippen LogP contribution in [0.4, 0.5) is 10.5 Å². The summed E-state index contributed by atoms with van der Waals surface area (Å²) >= 11 is 0. The van der Waals surface area contributed by atoms with Crippen LogP contribution in [-0.4, -0.2) is 51.4 Å². The van der Waals surface area contributed by atoms with Crippen LogP contribution in [0.5, 0.6) is 5.75 Å². The highest BCUT2D eigenvalue weighted by atomic mass is 16.4. The van der Waals surface area contributed by atoms with Gasteiger partial charge in [-0.15, -0.1) is 0 Å². The minimum absolute atomic E-state index is 0.00418. The highest BCUT2D eigenvalue weighted by Crippen LogP contribution is 2.28. The van der Waals surface area contributed by atoms with Crippen molar-refractivity contribution in [2.45, 2.75) is 19.4 Å². The van der Waals surface area contributed by atoms with Gasteiger partial charge in [0, 0.05) is 7.05 Å². The van der Waals surface area contributed by atoms with E-state index in [9.17, 15) is 19.8 Å². The number of nitrogens with one attached hydrogen (secondary N) is 1. The van der Waals surface area contributed by atoms with Crippen molar-refractivity contribution in [1.82, 2.24) is 4.90 Å². The van der Waals surface area contributed by atoms with Crippen LogP contribution in [-0.2, 0) is 0 Å². The highest BCUT2D eigenvalue weighted by Gasteiger charge is 2.27. The zero-order valence-corrected chi connectivity index (χ0v) is 11.5. The fourth-order valence-corrected chi connectivity index (χ4v) is 1.40. The van der Waals surface area contributed by atoms with E-state index in [1.807, 2.05) is 0 Å². The molecule has 0 spiro atoms. The molecule has 0 heterocycles. The first kappa shape index (κ1) is 15.8. The van der Waals surface area contributed by atoms with Crippen LogP contribution in [0.1, 0.15) is 24.2 Å². The summed E-state index contributed by atoms with van der Waals surface area (Å²) in [4.78, 5) is 24.1. The van der Waals surface area contributed by atoms with Gasteiger partial charge < -0.3 is 25.5 Å². The van der Waals surface area contributed by atoms with Crippen LogP contribution < -0.4 is 5.32 Å². The van der Waals surface area contributed by atoms with Crippen molar-refractivity contribution in [3.05, 3.63) is 23.8 Å². The summed E-state index contributed by atoms with van der Waals surface area (Å²) in [7, 11) is 1.49. The van der Waals surface area contributed by atoms with Gasteiger partial charge in [-0.3, -0.25) is 0 Å². The van der Waals surface area contributed by atoms with Crippen LogP contribution in [0.15, 0.2) is 18.2 Å². The van der Waals surface area contributed by atoms with Gasteiger partial charge in [-0.2, -0.15) is 0 Å². The van der Waals surface area contributed by atoms with Gasteiger partial charge in [-0.1, -0.05) is 6.07 Å². The summed E-state index contributed by atoms with van der Waals surface area (Å²) in [6, 6.07) is 3.46. The first-order chi connectivity index (χ1) is 9.20. The molecular formula is C13H18N2O5. The number of carboxylic acids is 1. The van der Waals surface area contributed by atoms with Crippen molar-refractivity contribution in [1.29, 1.82) is 0 Å². The van der Waals surface area contributed by atoms with E-state index in [-0.39, 0.29) is 17.9 Å². The first-order valence-electron chi connectivity index (χ1n) is 5.91. The molecule has 20 heavy (non-hydrogen) atoms. The largest absolute Gasteiger partial charge is 0.505 e. The number of rotatable bonds is 4. The average Bonchev–Trinajstić information content (AvgIpc) is 2.39. The number of aromatic carboxylic acids is 1. The predicted molar refractivity (Wildman–Crippen MR) is 73.0 cm³/mol. The zero-order valence-electron chi connectivity index (χ0n) is 11.5. The molecule has 0 saturated carbocycles. The number of carbonyl (C=O) groups excluding carboxylic acids is 1. The molecule has 0 aromatic heterocycles. The Kier molecular flexibility index (Phi) is 4.57. The number of hydrogen-bond donors (Lipinski definition) is 4. The number of aliphatic hydroxyl groups excluding tert-OH is 1. The molecule has 7 heteroatoms. The highest BCUT2D eigenvalue weighted by molar-refractivity contribution is 5.97. The van der Waals surface area contributed by atoms with Crippen molar-refractivity contribution in [2.75, 3.05) is 19.0 Å². The normalized spacial score (nSPS) is 11.0. The molecule has 0 unspecified atom stereocenters. The molecule has 7 nitrogen and oxygen atoms in total. The lowest BCUT2D eigenvalue weighted by atomic mass is 10.1. The van der Waals surface area contributed by atoms with Crippen LogP contribution in [0.2, 0.25) is 0 Å². The molecule has 0 fully saturated rings. The number of hydrogen-bond acceptors (Lipinski definition) is 4. The summed E-state index contributed by atoms with van der Waals surface area (Å²) in [6.07, 6.45) is 0. The Morgan fingerprint density at radius 3 is 2.45 bits per heavy atom. The van der Waals surface area contributed by atoms with E-state index < -0.39 is 23.3 Å². The number of carboxylic acid groups (broad SMARTS) is 1. The Balaban J connectivity index is 2.97. The van der Waals surface area contributed by atoms with E-state index in [4.69, 9.17) is 5.11 Å². The monoisotopic (exact) mass is 282 g/mol. The van der Waals surface area contributed by atoms with Gasteiger partial charge in [-0.25, -0.2) is 9.59 Å². The summed E-state index contributed by atoms with van der Waals surface area (Å²) < 4.78 is 0. The number of phenols is 1. The Morgan fingerprint density at radius 2 is 1.95 bits per heavy atom. The fourth-order valence-electron chi connectivity index (χ4n) is 1.40. The molecule has 0 aliphatic rings. The number of carbonyl (C=O) groups is 2. The molecule has 0 aliphatic heterocycles. The molecule has 0 radical (unpaired) electrons. The van der Waals surface area contributed by atoms with E-state index >= 15 is 0 Å². The number of urea groups is 1. The quantitative estimate of drug-likeness (QED) is 0.623. The van der Waals surface area contributed by atoms with Crippen molar-refractivity contribution < 1.29 is 24.9 Å². The fraction of sp³-hybridized carbons (Fsp3) is 0.385. The standard InChI is InChI=1S/C13H18N2O5/c1-13(2,7-16)15(3)12(20)14-9-6-4-5-8(10(9)17)11(18)19/h4-6,16-17H,7H2,1-3H3,(H,14,20)(H,18,19). The number of aliphatic hydroxyl groups is 1. The number of nitrogens with zero attached hydrogens (tertiary/aromatic N) is 1. The van der Waals surface area contributed by atoms with Gasteiger partial charge >= 0.3 is 12.0 Å². The van der Waals surface area contributed by atoms with Crippen LogP contribution in [0.3, 0.4) is 0 Å². The molecule has 0 aliphatic carbocycles. The number of amides is 2. The minimum atomic E-state index is -1.29. The zero-order chi connectivity index (χ0) is 15.5. The second-order valence-corrected chi connectivity index (χ2v) is 4.97. The van der Waals surface area contributed by atoms with Crippen molar-refractivity contribution in [2.24, 2.45) is 0 Å². The van der Waals surface area contributed by atoms with Crippen molar-refractivity contribution in [3.63, 3.8) is 0 Å². The molecular weight excluding hydrogens is 264 g/mol. The smallest absolute Gasteiger partial charge is 0.339 e. The SMILES string of the molecule is CN(C(=O)Nc1cccc(C(=O)O)c1O)C(C)(C)CO. The summed E-state index contributed by atoms with van der Waals surface area (Å²) in [6.45, 7) is 3.10. The van der Waals surface area contributed by atoms with Gasteiger partial charge in [0.2, 0.25) is 0 Å². The van der Waals surface area contributed by atoms with E-state index in [0.717, 1.165) is 0 Å². The Hall–Kier alpha value is -2.28. The number of likely N-dealkylation sites (N-methyl/N-ethyl adjacent to an activating group) is 1. The predicted octanol–water partition coefficient (Wildman–Crippen LogP) is 1.32. The number of para-hydroxylation sites is 1. The van der Waals surface area contributed by atoms with E-state index in [0.29, 0.717) is 0 Å². The molecule has 0 atom stereocenters. The number of benzene rings is 1. The lowest BCUT2D eigenvalue weighted by Gasteiger charge is -2.33. The topological polar surface area (TPSA) is 110 Å². The van der Waals surface area contributed by atoms with Gasteiger partial charge in [0.1, 0.15) is 5.56 Å². The minimum Gasteiger partial charge on any atom is -0.505 e. The average molecular weight is 282 g/mol. The third kappa shape index (κ3) is 3.18. The molecule has 4 N–H and O–H groups in total. The van der Waals surface area contributed by atoms with Crippen molar-refractivity contribution >= 4 is 17.7 Å². The van der Waals surface area contributed by atoms with Gasteiger partial charge in [0.25, 0.3) is 0 Å². The number of aromatic hydroxyl groups is 1. The maximum absolute atomic E-state index is 12.0. The van der Waals surface area contributed by atoms with E-state index in [1.165, 1.54) is 30.1 Å². The molecule has 1 aromatic rings. The Labute approximate surface area is 116 Å². The van der Waals surface area contributed by atoms with E-state index in [2.05, 4.69) is 5.32 Å². The van der Waals surface area contributed by atoms with Crippen molar-refractivity contribution in [3.8, 4) is 5.75 Å². The molecule has 1 aromatic carbocycles. The molecule has 2 amide bonds. The summed E-state index contributed by atoms with van der Waals surface area (Å²) in [5.41, 5.74) is -1.09. The van der Waals surface area contributed by atoms with Crippen LogP contribution in [0, 0.1) is 0 Å². The second-order valence-electron chi connectivity index (χ2n) is 4.97. The van der Waals surface area contributed by atoms with Gasteiger partial charge in [0.15, 0.2) is 5.75 Å². The third-order valence-corrected chi connectivity index (χ3v) is 3.11. The lowest BCUT2D eigenvalue weighted by Crippen LogP contribution is -2.49. The molecule has 110 valence electrons. The Morgan fingerprint density at radius 1 is 1.35 bits per heavy atom. The molecule has 0 bridgehead atoms. The lowest BCUT2D eigenvalue weighted by molar-refractivity contribution is 0.0693. The Bertz CT molecular complexity index is 527. The number of anilines is 1. The molecule has 0 saturated heterocycles. The first-order valence-corrected chi connectivity index (χ1v) is 5.91. The maximum Gasteiger partial charge on any atom is 0.339 e. The summed E-state index contributed by atoms with van der Waals surface area (Å²) in [5.74, 6) is -1.80. The molecule has 1 rings (SSSR count). The van der Waals surface area contributed by atoms with Crippen LogP contribution in [0.25, 0.3) is 0 Å². The third-order valence-electron chi connectivity index (χ3n) is 3.11. The van der Waals surface area contributed by atoms with Crippen LogP contribution >= 0.6 is 0 Å². The maximum atomic E-state index is 12.0. The van der Waals surface area contributed by atoms with Gasteiger partial charge in [0.05, 0.1) is 17.8 Å². The van der Waals surface area contributed by atoms with E-state index in [1.54, 1.807) is 13.8 Å². The second kappa shape index (κ2) is 5.79. The van der Waals surface area contributed by atoms with Gasteiger partial charge in [-0.05, 0) is 26.0 Å². The summed E-state index contributed by atoms with van der Waals surface area (Å²) in [5, 5.41) is 30.3.